The summed E-state index contributed by atoms with van der Waals surface area (Å²) in [5, 5.41) is 9.34. The zero-order chi connectivity index (χ0) is 38.9. The van der Waals surface area contributed by atoms with E-state index in [-0.39, 0.29) is 57.1 Å². The van der Waals surface area contributed by atoms with E-state index in [1.807, 2.05) is 58.0 Å². The van der Waals surface area contributed by atoms with Crippen molar-refractivity contribution in [2.45, 2.75) is 95.4 Å². The lowest BCUT2D eigenvalue weighted by molar-refractivity contribution is -0.127. The van der Waals surface area contributed by atoms with E-state index in [2.05, 4.69) is 16.0 Å². The first-order valence-electron chi connectivity index (χ1n) is 18.6. The van der Waals surface area contributed by atoms with Crippen LogP contribution in [-0.4, -0.2) is 55.8 Å². The second-order valence-corrected chi connectivity index (χ2v) is 16.1. The summed E-state index contributed by atoms with van der Waals surface area (Å²) in [5.41, 5.74) is 4.91. The predicted octanol–water partition coefficient (Wildman–Crippen LogP) is 7.35. The number of ether oxygens (including phenoxy) is 3. The van der Waals surface area contributed by atoms with Gasteiger partial charge in [-0.25, -0.2) is 13.6 Å². The summed E-state index contributed by atoms with van der Waals surface area (Å²) in [4.78, 5) is 37.7. The molecule has 0 spiro atoms. The number of benzene rings is 3. The molecule has 6 rings (SSSR count). The summed E-state index contributed by atoms with van der Waals surface area (Å²) < 4.78 is 48.9. The van der Waals surface area contributed by atoms with Crippen LogP contribution in [0.3, 0.4) is 0 Å². The van der Waals surface area contributed by atoms with Gasteiger partial charge in [-0.15, -0.1) is 0 Å². The minimum absolute atomic E-state index is 0.00854. The standard InChI is InChI=1S/C41H49ClF2N4O6/c1-22-32-31(19-29(43)35(42)34(32)33-28(37(45)49)15-16-30(52-5)36(33)44)53-41(22,25-9-7-6-8-10-25)21-47-26-13-11-24(12-14-26)38(50)48-27-17-23(18-27)20-46-39(51)54-40(2,3)4/h6-10,15-16,19,22-24,26-27,47H,11-14,17-18,20-21H2,1-5H3,(H2,45,49)(H,46,51)(H,48,50)/t22-,23?,24?,26?,27?,41-/m0/s1. The van der Waals surface area contributed by atoms with E-state index in [0.29, 0.717) is 37.4 Å². The van der Waals surface area contributed by atoms with E-state index in [0.717, 1.165) is 31.2 Å². The molecule has 0 saturated heterocycles. The van der Waals surface area contributed by atoms with E-state index in [4.69, 9.17) is 31.5 Å². The van der Waals surface area contributed by atoms with Gasteiger partial charge in [-0.1, -0.05) is 48.9 Å². The largest absolute Gasteiger partial charge is 0.494 e. The van der Waals surface area contributed by atoms with Crippen LogP contribution in [0, 0.1) is 23.5 Å². The molecule has 3 aliphatic rings. The normalized spacial score (nSPS) is 24.8. The van der Waals surface area contributed by atoms with Crippen LogP contribution in [0.5, 0.6) is 11.5 Å². The molecule has 2 atom stereocenters. The van der Waals surface area contributed by atoms with Crippen LogP contribution in [0.2, 0.25) is 5.02 Å². The van der Waals surface area contributed by atoms with E-state index >= 15 is 8.78 Å². The van der Waals surface area contributed by atoms with Gasteiger partial charge < -0.3 is 35.9 Å². The summed E-state index contributed by atoms with van der Waals surface area (Å²) in [5.74, 6) is -2.84. The molecule has 2 saturated carbocycles. The maximum atomic E-state index is 16.1. The van der Waals surface area contributed by atoms with Crippen molar-refractivity contribution in [2.75, 3.05) is 20.2 Å². The molecule has 13 heteroatoms. The molecular formula is C41H49ClF2N4O6. The van der Waals surface area contributed by atoms with Crippen molar-refractivity contribution in [2.24, 2.45) is 17.6 Å². The zero-order valence-corrected chi connectivity index (χ0v) is 32.1. The first-order valence-corrected chi connectivity index (χ1v) is 18.9. The number of rotatable bonds is 11. The van der Waals surface area contributed by atoms with E-state index < -0.39 is 40.8 Å². The number of methoxy groups -OCH3 is 1. The third-order valence-corrected chi connectivity index (χ3v) is 11.4. The molecule has 2 fully saturated rings. The van der Waals surface area contributed by atoms with Crippen molar-refractivity contribution in [3.8, 4) is 22.6 Å². The molecule has 3 aromatic carbocycles. The molecule has 2 aliphatic carbocycles. The van der Waals surface area contributed by atoms with Crippen LogP contribution in [0.4, 0.5) is 13.6 Å². The van der Waals surface area contributed by atoms with Gasteiger partial charge in [-0.05, 0) is 82.9 Å². The monoisotopic (exact) mass is 766 g/mol. The number of nitrogens with one attached hydrogen (secondary N) is 3. The highest BCUT2D eigenvalue weighted by atomic mass is 35.5. The molecule has 290 valence electrons. The Bertz CT molecular complexity index is 1890. The van der Waals surface area contributed by atoms with Gasteiger partial charge in [0.05, 0.1) is 17.7 Å². The topological polar surface area (TPSA) is 141 Å². The summed E-state index contributed by atoms with van der Waals surface area (Å²) in [6.07, 6.45) is 4.15. The van der Waals surface area contributed by atoms with Gasteiger partial charge in [-0.2, -0.15) is 0 Å². The molecule has 0 radical (unpaired) electrons. The molecule has 1 heterocycles. The molecule has 0 aromatic heterocycles. The fourth-order valence-corrected chi connectivity index (χ4v) is 8.37. The quantitative estimate of drug-likeness (QED) is 0.160. The van der Waals surface area contributed by atoms with Crippen LogP contribution in [0.15, 0.2) is 48.5 Å². The summed E-state index contributed by atoms with van der Waals surface area (Å²) in [7, 11) is 1.29. The lowest BCUT2D eigenvalue weighted by atomic mass is 9.77. The number of fused-ring (bicyclic) bond motifs is 1. The fraction of sp³-hybridized carbons (Fsp3) is 0.488. The Labute approximate surface area is 319 Å². The lowest BCUT2D eigenvalue weighted by Gasteiger charge is -2.38. The minimum atomic E-state index is -1.06. The van der Waals surface area contributed by atoms with Gasteiger partial charge in [-0.3, -0.25) is 9.59 Å². The zero-order valence-electron chi connectivity index (χ0n) is 31.3. The molecule has 3 aromatic rings. The van der Waals surface area contributed by atoms with Crippen LogP contribution in [0.25, 0.3) is 11.1 Å². The number of hydrogen-bond donors (Lipinski definition) is 4. The number of amides is 3. The summed E-state index contributed by atoms with van der Waals surface area (Å²) in [6, 6.07) is 13.6. The van der Waals surface area contributed by atoms with Crippen molar-refractivity contribution < 1.29 is 37.4 Å². The van der Waals surface area contributed by atoms with Crippen molar-refractivity contribution >= 4 is 29.5 Å². The highest BCUT2D eigenvalue weighted by Gasteiger charge is 2.50. The van der Waals surface area contributed by atoms with Crippen LogP contribution < -0.4 is 31.2 Å². The second-order valence-electron chi connectivity index (χ2n) is 15.8. The first-order chi connectivity index (χ1) is 25.6. The smallest absolute Gasteiger partial charge is 0.407 e. The van der Waals surface area contributed by atoms with Crippen LogP contribution in [-0.2, 0) is 15.1 Å². The average molecular weight is 767 g/mol. The van der Waals surface area contributed by atoms with Crippen molar-refractivity contribution in [1.82, 2.24) is 16.0 Å². The number of primary amides is 1. The lowest BCUT2D eigenvalue weighted by Crippen LogP contribution is -2.51. The van der Waals surface area contributed by atoms with Gasteiger partial charge in [0, 0.05) is 59.8 Å². The van der Waals surface area contributed by atoms with Gasteiger partial charge in [0.1, 0.15) is 17.2 Å². The minimum Gasteiger partial charge on any atom is -0.494 e. The van der Waals surface area contributed by atoms with Gasteiger partial charge in [0.2, 0.25) is 11.8 Å². The molecule has 5 N–H and O–H groups in total. The summed E-state index contributed by atoms with van der Waals surface area (Å²) in [6.45, 7) is 8.22. The van der Waals surface area contributed by atoms with E-state index in [1.165, 1.54) is 25.3 Å². The number of halogens is 3. The molecule has 1 aliphatic heterocycles. The third-order valence-electron chi connectivity index (χ3n) is 11.0. The van der Waals surface area contributed by atoms with Crippen molar-refractivity contribution in [3.63, 3.8) is 0 Å². The maximum Gasteiger partial charge on any atom is 0.407 e. The first kappa shape index (κ1) is 39.3. The van der Waals surface area contributed by atoms with Gasteiger partial charge in [0.25, 0.3) is 0 Å². The number of alkyl carbamates (subject to hydrolysis) is 1. The van der Waals surface area contributed by atoms with Gasteiger partial charge in [0.15, 0.2) is 17.2 Å². The van der Waals surface area contributed by atoms with E-state index in [9.17, 15) is 14.4 Å². The summed E-state index contributed by atoms with van der Waals surface area (Å²) >= 11 is 6.64. The number of carbonyl (C=O) groups excluding carboxylic acids is 3. The fourth-order valence-electron chi connectivity index (χ4n) is 8.12. The van der Waals surface area contributed by atoms with Crippen molar-refractivity contribution in [1.29, 1.82) is 0 Å². The number of carbonyl (C=O) groups is 3. The average Bonchev–Trinajstić information content (AvgIpc) is 3.39. The predicted molar refractivity (Wildman–Crippen MR) is 202 cm³/mol. The highest BCUT2D eigenvalue weighted by molar-refractivity contribution is 6.34. The molecule has 0 unspecified atom stereocenters. The Morgan fingerprint density at radius 3 is 2.31 bits per heavy atom. The Balaban J connectivity index is 1.14. The van der Waals surface area contributed by atoms with Crippen molar-refractivity contribution in [3.05, 3.63) is 81.9 Å². The Hall–Kier alpha value is -4.42. The Morgan fingerprint density at radius 2 is 1.69 bits per heavy atom. The maximum absolute atomic E-state index is 16.1. The molecule has 3 amide bonds. The number of hydrogen-bond acceptors (Lipinski definition) is 7. The molecule has 54 heavy (non-hydrogen) atoms. The van der Waals surface area contributed by atoms with Crippen LogP contribution in [0.1, 0.15) is 93.6 Å². The van der Waals surface area contributed by atoms with Gasteiger partial charge >= 0.3 is 6.09 Å². The molecule has 0 bridgehead atoms. The Kier molecular flexibility index (Phi) is 11.5. The SMILES string of the molecule is COc1ccc(C(N)=O)c(-c2c(Cl)c(F)cc3c2[C@H](C)[C@@](CNC2CCC(C(=O)NC4CC(CNC(=O)OC(C)(C)C)C4)CC2)(c2ccccc2)O3)c1F. The van der Waals surface area contributed by atoms with E-state index in [1.54, 1.807) is 0 Å². The Morgan fingerprint density at radius 1 is 1.00 bits per heavy atom. The number of nitrogens with two attached hydrogens (primary N) is 1. The highest BCUT2D eigenvalue weighted by Crippen LogP contribution is 2.56. The molecular weight excluding hydrogens is 718 g/mol. The third kappa shape index (κ3) is 8.00. The van der Waals surface area contributed by atoms with Crippen LogP contribution >= 0.6 is 11.6 Å². The second kappa shape index (κ2) is 15.7. The molecule has 10 nitrogen and oxygen atoms in total.